The van der Waals surface area contributed by atoms with Gasteiger partial charge in [-0.2, -0.15) is 0 Å². The molecule has 5 heteroatoms. The van der Waals surface area contributed by atoms with E-state index in [4.69, 9.17) is 4.98 Å². The second-order valence-electron chi connectivity index (χ2n) is 7.57. The third-order valence-corrected chi connectivity index (χ3v) is 5.44. The molecule has 2 aromatic heterocycles. The van der Waals surface area contributed by atoms with E-state index >= 15 is 0 Å². The van der Waals surface area contributed by atoms with Crippen molar-refractivity contribution in [3.8, 4) is 5.69 Å². The zero-order valence-electron chi connectivity index (χ0n) is 17.5. The number of imidazole rings is 1. The third-order valence-electron chi connectivity index (χ3n) is 5.44. The van der Waals surface area contributed by atoms with E-state index in [2.05, 4.69) is 51.3 Å². The van der Waals surface area contributed by atoms with E-state index in [0.29, 0.717) is 5.56 Å². The molecule has 0 saturated carbocycles. The molecule has 0 radical (unpaired) electrons. The Kier molecular flexibility index (Phi) is 5.45. The minimum Gasteiger partial charge on any atom is -0.322 e. The molecule has 0 saturated heterocycles. The summed E-state index contributed by atoms with van der Waals surface area (Å²) in [7, 11) is 0. The van der Waals surface area contributed by atoms with E-state index in [9.17, 15) is 4.79 Å². The first-order valence-electron chi connectivity index (χ1n) is 10.6. The largest absolute Gasteiger partial charge is 0.322 e. The Bertz CT molecular complexity index is 1340. The van der Waals surface area contributed by atoms with Crippen molar-refractivity contribution in [1.29, 1.82) is 0 Å². The van der Waals surface area contributed by atoms with Crippen LogP contribution in [0.4, 0.5) is 5.69 Å². The highest BCUT2D eigenvalue weighted by molar-refractivity contribution is 6.04. The van der Waals surface area contributed by atoms with Crippen molar-refractivity contribution in [2.75, 3.05) is 5.32 Å². The van der Waals surface area contributed by atoms with Gasteiger partial charge in [0.15, 0.2) is 0 Å². The number of aryl methyl sites for hydroxylation is 2. The molecular formula is C27H22N4O. The molecule has 0 unspecified atom stereocenters. The van der Waals surface area contributed by atoms with Crippen molar-refractivity contribution in [1.82, 2.24) is 14.5 Å². The van der Waals surface area contributed by atoms with Crippen LogP contribution in [0.1, 0.15) is 21.7 Å². The molecule has 5 rings (SSSR count). The molecular weight excluding hydrogens is 396 g/mol. The maximum Gasteiger partial charge on any atom is 0.255 e. The van der Waals surface area contributed by atoms with Crippen LogP contribution in [0.15, 0.2) is 103 Å². The highest BCUT2D eigenvalue weighted by atomic mass is 16.1. The number of benzene rings is 3. The van der Waals surface area contributed by atoms with Gasteiger partial charge in [0.05, 0.1) is 11.0 Å². The summed E-state index contributed by atoms with van der Waals surface area (Å²) in [5, 5.41) is 2.92. The highest BCUT2D eigenvalue weighted by Gasteiger charge is 2.12. The summed E-state index contributed by atoms with van der Waals surface area (Å²) in [6.45, 7) is 0. The van der Waals surface area contributed by atoms with Gasteiger partial charge in [0.1, 0.15) is 5.82 Å². The van der Waals surface area contributed by atoms with Gasteiger partial charge in [-0.3, -0.25) is 14.3 Å². The van der Waals surface area contributed by atoms with E-state index in [-0.39, 0.29) is 5.91 Å². The van der Waals surface area contributed by atoms with Crippen molar-refractivity contribution >= 4 is 22.6 Å². The summed E-state index contributed by atoms with van der Waals surface area (Å²) in [6, 6.07) is 30.0. The molecule has 0 atom stereocenters. The minimum atomic E-state index is -0.142. The molecule has 0 spiro atoms. The number of nitrogens with zero attached hydrogens (tertiary/aromatic N) is 3. The summed E-state index contributed by atoms with van der Waals surface area (Å²) in [4.78, 5) is 21.2. The number of carbonyl (C=O) groups is 1. The second-order valence-corrected chi connectivity index (χ2v) is 7.57. The fraction of sp³-hybridized carbons (Fsp3) is 0.0741. The number of para-hydroxylation sites is 3. The van der Waals surface area contributed by atoms with Gasteiger partial charge in [0.25, 0.3) is 5.91 Å². The molecule has 156 valence electrons. The molecule has 32 heavy (non-hydrogen) atoms. The van der Waals surface area contributed by atoms with Crippen molar-refractivity contribution in [3.05, 3.63) is 120 Å². The first-order chi connectivity index (χ1) is 15.8. The van der Waals surface area contributed by atoms with Gasteiger partial charge < -0.3 is 5.32 Å². The molecule has 0 aliphatic rings. The van der Waals surface area contributed by atoms with Crippen LogP contribution < -0.4 is 5.32 Å². The fourth-order valence-corrected chi connectivity index (χ4v) is 3.83. The number of hydrogen-bond donors (Lipinski definition) is 1. The minimum absolute atomic E-state index is 0.142. The van der Waals surface area contributed by atoms with Crippen LogP contribution in [0.5, 0.6) is 0 Å². The standard InChI is InChI=1S/C27H22N4O/c32-27(21-16-18-28-19-17-21)29-22-13-10-20(11-14-22)12-15-26-30-24-8-4-5-9-25(24)31(26)23-6-2-1-3-7-23/h1-11,13-14,16-19H,12,15H2,(H,29,32). The second kappa shape index (κ2) is 8.86. The smallest absolute Gasteiger partial charge is 0.255 e. The Morgan fingerprint density at radius 1 is 0.781 bits per heavy atom. The number of carbonyl (C=O) groups excluding carboxylic acids is 1. The quantitative estimate of drug-likeness (QED) is 0.398. The average Bonchev–Trinajstić information content (AvgIpc) is 3.23. The van der Waals surface area contributed by atoms with Gasteiger partial charge in [-0.25, -0.2) is 4.98 Å². The Morgan fingerprint density at radius 2 is 1.50 bits per heavy atom. The van der Waals surface area contributed by atoms with E-state index in [1.807, 2.05) is 42.5 Å². The van der Waals surface area contributed by atoms with Gasteiger partial charge in [-0.05, 0) is 60.5 Å². The molecule has 5 aromatic rings. The Hall–Kier alpha value is -4.25. The van der Waals surface area contributed by atoms with Crippen LogP contribution in [0.2, 0.25) is 0 Å². The number of hydrogen-bond acceptors (Lipinski definition) is 3. The van der Waals surface area contributed by atoms with Gasteiger partial charge in [-0.15, -0.1) is 0 Å². The summed E-state index contributed by atoms with van der Waals surface area (Å²) in [6.07, 6.45) is 4.89. The van der Waals surface area contributed by atoms with E-state index in [1.165, 1.54) is 5.56 Å². The van der Waals surface area contributed by atoms with Crippen molar-refractivity contribution in [2.24, 2.45) is 0 Å². The molecule has 0 aliphatic heterocycles. The number of fused-ring (bicyclic) bond motifs is 1. The number of pyridine rings is 1. The predicted octanol–water partition coefficient (Wildman–Crippen LogP) is 5.46. The van der Waals surface area contributed by atoms with Crippen LogP contribution in [0, 0.1) is 0 Å². The van der Waals surface area contributed by atoms with Crippen molar-refractivity contribution < 1.29 is 4.79 Å². The van der Waals surface area contributed by atoms with E-state index in [1.54, 1.807) is 24.5 Å². The monoisotopic (exact) mass is 418 g/mol. The zero-order chi connectivity index (χ0) is 21.8. The number of aromatic nitrogens is 3. The van der Waals surface area contributed by atoms with Crippen LogP contribution in [0.25, 0.3) is 16.7 Å². The number of rotatable bonds is 6. The molecule has 2 heterocycles. The van der Waals surface area contributed by atoms with Crippen LogP contribution in [-0.4, -0.2) is 20.4 Å². The SMILES string of the molecule is O=C(Nc1ccc(CCc2nc3ccccc3n2-c2ccccc2)cc1)c1ccncc1. The fourth-order valence-electron chi connectivity index (χ4n) is 3.83. The van der Waals surface area contributed by atoms with Crippen molar-refractivity contribution in [2.45, 2.75) is 12.8 Å². The lowest BCUT2D eigenvalue weighted by Crippen LogP contribution is -2.11. The van der Waals surface area contributed by atoms with Gasteiger partial charge >= 0.3 is 0 Å². The summed E-state index contributed by atoms with van der Waals surface area (Å²) in [5.41, 5.74) is 5.78. The normalized spacial score (nSPS) is 10.9. The lowest BCUT2D eigenvalue weighted by atomic mass is 10.1. The molecule has 3 aromatic carbocycles. The maximum atomic E-state index is 12.3. The average molecular weight is 419 g/mol. The lowest BCUT2D eigenvalue weighted by molar-refractivity contribution is 0.102. The summed E-state index contributed by atoms with van der Waals surface area (Å²) in [5.74, 6) is 0.893. The number of anilines is 1. The summed E-state index contributed by atoms with van der Waals surface area (Å²) < 4.78 is 2.23. The van der Waals surface area contributed by atoms with Gasteiger partial charge in [0, 0.05) is 35.8 Å². The molecule has 0 bridgehead atoms. The van der Waals surface area contributed by atoms with Crippen LogP contribution >= 0.6 is 0 Å². The van der Waals surface area contributed by atoms with E-state index in [0.717, 1.165) is 41.1 Å². The Balaban J connectivity index is 1.32. The topological polar surface area (TPSA) is 59.8 Å². The van der Waals surface area contributed by atoms with Crippen LogP contribution in [0.3, 0.4) is 0 Å². The van der Waals surface area contributed by atoms with Crippen LogP contribution in [-0.2, 0) is 12.8 Å². The zero-order valence-corrected chi connectivity index (χ0v) is 17.5. The first-order valence-corrected chi connectivity index (χ1v) is 10.6. The molecule has 1 N–H and O–H groups in total. The Morgan fingerprint density at radius 3 is 2.28 bits per heavy atom. The molecule has 1 amide bonds. The van der Waals surface area contributed by atoms with Gasteiger partial charge in [-0.1, -0.05) is 42.5 Å². The van der Waals surface area contributed by atoms with Crippen molar-refractivity contribution in [3.63, 3.8) is 0 Å². The third kappa shape index (κ3) is 4.14. The molecule has 0 fully saturated rings. The maximum absolute atomic E-state index is 12.3. The molecule has 0 aliphatic carbocycles. The van der Waals surface area contributed by atoms with Gasteiger partial charge in [0.2, 0.25) is 0 Å². The number of nitrogens with one attached hydrogen (secondary N) is 1. The Labute approximate surface area is 186 Å². The van der Waals surface area contributed by atoms with E-state index < -0.39 is 0 Å². The summed E-state index contributed by atoms with van der Waals surface area (Å²) >= 11 is 0. The highest BCUT2D eigenvalue weighted by Crippen LogP contribution is 2.23. The lowest BCUT2D eigenvalue weighted by Gasteiger charge is -2.10. The molecule has 5 nitrogen and oxygen atoms in total. The predicted molar refractivity (Wildman–Crippen MR) is 127 cm³/mol. The number of amides is 1. The first kappa shape index (κ1) is 19.7.